The molecule has 7 nitrogen and oxygen atoms in total. The minimum absolute atomic E-state index is 0.132. The van der Waals surface area contributed by atoms with E-state index in [1.165, 1.54) is 19.1 Å². The molecular weight excluding hydrogens is 318 g/mol. The highest BCUT2D eigenvalue weighted by atomic mass is 32.2. The number of nitrogens with one attached hydrogen (secondary N) is 2. The van der Waals surface area contributed by atoms with Crippen molar-refractivity contribution in [1.82, 2.24) is 14.9 Å². The van der Waals surface area contributed by atoms with E-state index >= 15 is 0 Å². The quantitative estimate of drug-likeness (QED) is 0.619. The lowest BCUT2D eigenvalue weighted by molar-refractivity contribution is -0.126. The minimum Gasteiger partial charge on any atom is -0.329 e. The molecule has 23 heavy (non-hydrogen) atoms. The molecule has 0 aromatic rings. The highest BCUT2D eigenvalue weighted by molar-refractivity contribution is 7.93. The van der Waals surface area contributed by atoms with Crippen molar-refractivity contribution in [3.05, 3.63) is 34.9 Å². The number of ketones is 1. The van der Waals surface area contributed by atoms with Crippen LogP contribution in [0.2, 0.25) is 0 Å². The summed E-state index contributed by atoms with van der Waals surface area (Å²) in [6.45, 7) is 2.25. The van der Waals surface area contributed by atoms with Crippen molar-refractivity contribution in [1.29, 1.82) is 0 Å². The minimum atomic E-state index is -3.59. The summed E-state index contributed by atoms with van der Waals surface area (Å²) in [7, 11) is 0.131. The number of hydrogen-bond donors (Lipinski definition) is 2. The fourth-order valence-corrected chi connectivity index (χ4v) is 2.87. The van der Waals surface area contributed by atoms with Crippen molar-refractivity contribution < 1.29 is 18.0 Å². The maximum absolute atomic E-state index is 12.2. The lowest BCUT2D eigenvalue weighted by Gasteiger charge is -2.11. The van der Waals surface area contributed by atoms with Crippen molar-refractivity contribution in [2.45, 2.75) is 19.8 Å². The molecule has 0 aliphatic heterocycles. The summed E-state index contributed by atoms with van der Waals surface area (Å²) < 4.78 is 26.9. The van der Waals surface area contributed by atoms with Crippen LogP contribution < -0.4 is 10.0 Å². The maximum atomic E-state index is 12.2. The van der Waals surface area contributed by atoms with Gasteiger partial charge in [0.15, 0.2) is 0 Å². The van der Waals surface area contributed by atoms with Crippen molar-refractivity contribution in [2.24, 2.45) is 0 Å². The van der Waals surface area contributed by atoms with E-state index in [-0.39, 0.29) is 17.1 Å². The van der Waals surface area contributed by atoms with Gasteiger partial charge in [0, 0.05) is 25.2 Å². The van der Waals surface area contributed by atoms with Gasteiger partial charge in [-0.25, -0.2) is 13.1 Å². The Balaban J connectivity index is 2.74. The van der Waals surface area contributed by atoms with Crippen LogP contribution in [0.1, 0.15) is 19.8 Å². The molecule has 0 aromatic carbocycles. The van der Waals surface area contributed by atoms with Crippen LogP contribution in [0.5, 0.6) is 0 Å². The Morgan fingerprint density at radius 1 is 1.26 bits per heavy atom. The number of carbonyl (C=O) groups is 2. The number of nitrogens with zero attached hydrogens (tertiary/aromatic N) is 1. The van der Waals surface area contributed by atoms with Crippen molar-refractivity contribution in [2.75, 3.05) is 27.2 Å². The summed E-state index contributed by atoms with van der Waals surface area (Å²) in [5.41, 5.74) is 0.547. The molecule has 128 valence electrons. The normalized spacial score (nSPS) is 15.0. The number of Topliss-reactive ketones (excluding diaryl/α,β-unsaturated/α-hetero) is 1. The SMILES string of the molecule is CC(=O)CC(=O)NC1=CC=C(S(=O)(=O)NCCN(C)C)C=CC1. The zero-order chi connectivity index (χ0) is 17.5. The van der Waals surface area contributed by atoms with Crippen LogP contribution in [0.4, 0.5) is 0 Å². The van der Waals surface area contributed by atoms with Gasteiger partial charge in [0.1, 0.15) is 5.78 Å². The van der Waals surface area contributed by atoms with Gasteiger partial charge >= 0.3 is 0 Å². The molecule has 0 spiro atoms. The zero-order valence-corrected chi connectivity index (χ0v) is 14.4. The van der Waals surface area contributed by atoms with E-state index in [1.54, 1.807) is 12.2 Å². The lowest BCUT2D eigenvalue weighted by atomic mass is 10.2. The average molecular weight is 341 g/mol. The van der Waals surface area contributed by atoms with Crippen LogP contribution >= 0.6 is 0 Å². The van der Waals surface area contributed by atoms with Gasteiger partial charge in [0.25, 0.3) is 0 Å². The number of amides is 1. The molecule has 0 atom stereocenters. The Labute approximate surface area is 137 Å². The second-order valence-corrected chi connectivity index (χ2v) is 7.26. The number of carbonyl (C=O) groups excluding carboxylic acids is 2. The van der Waals surface area contributed by atoms with Gasteiger partial charge < -0.3 is 10.2 Å². The van der Waals surface area contributed by atoms with E-state index in [0.29, 0.717) is 25.2 Å². The molecule has 0 fully saturated rings. The molecule has 2 N–H and O–H groups in total. The Morgan fingerprint density at radius 3 is 2.57 bits per heavy atom. The second-order valence-electron chi connectivity index (χ2n) is 5.50. The summed E-state index contributed by atoms with van der Waals surface area (Å²) in [5.74, 6) is -0.628. The third-order valence-electron chi connectivity index (χ3n) is 2.94. The van der Waals surface area contributed by atoms with Crippen LogP contribution in [-0.2, 0) is 19.6 Å². The first kappa shape index (κ1) is 19.3. The number of rotatable bonds is 8. The molecule has 0 unspecified atom stereocenters. The number of hydrogen-bond acceptors (Lipinski definition) is 5. The van der Waals surface area contributed by atoms with E-state index in [0.717, 1.165) is 0 Å². The third kappa shape index (κ3) is 7.36. The van der Waals surface area contributed by atoms with Crippen molar-refractivity contribution in [3.8, 4) is 0 Å². The molecule has 0 aromatic heterocycles. The standard InChI is InChI=1S/C15H23N3O4S/c1-12(19)11-15(20)17-13-5-4-6-14(8-7-13)23(21,22)16-9-10-18(2)3/h4,6-8,16H,5,9-11H2,1-3H3,(H,17,20). The van der Waals surface area contributed by atoms with E-state index in [2.05, 4.69) is 10.0 Å². The highest BCUT2D eigenvalue weighted by Crippen LogP contribution is 2.14. The number of sulfonamides is 1. The van der Waals surface area contributed by atoms with E-state index in [1.807, 2.05) is 19.0 Å². The van der Waals surface area contributed by atoms with Crippen molar-refractivity contribution in [3.63, 3.8) is 0 Å². The van der Waals surface area contributed by atoms with E-state index in [9.17, 15) is 18.0 Å². The van der Waals surface area contributed by atoms with E-state index < -0.39 is 15.9 Å². The average Bonchev–Trinajstić information content (AvgIpc) is 2.63. The molecule has 1 aliphatic rings. The molecule has 0 heterocycles. The third-order valence-corrected chi connectivity index (χ3v) is 4.42. The summed E-state index contributed by atoms with van der Waals surface area (Å²) in [5, 5.41) is 2.60. The van der Waals surface area contributed by atoms with Gasteiger partial charge in [0.2, 0.25) is 15.9 Å². The molecular formula is C15H23N3O4S. The molecule has 1 amide bonds. The first-order chi connectivity index (χ1) is 10.7. The van der Waals surface area contributed by atoms with Gasteiger partial charge in [-0.1, -0.05) is 6.08 Å². The molecule has 1 rings (SSSR count). The van der Waals surface area contributed by atoms with E-state index in [4.69, 9.17) is 0 Å². The van der Waals surface area contributed by atoms with Gasteiger partial charge in [-0.3, -0.25) is 9.59 Å². The van der Waals surface area contributed by atoms with Crippen LogP contribution in [0.3, 0.4) is 0 Å². The summed E-state index contributed by atoms with van der Waals surface area (Å²) in [6.07, 6.45) is 6.32. The smallest absolute Gasteiger partial charge is 0.240 e. The van der Waals surface area contributed by atoms with Gasteiger partial charge in [0.05, 0.1) is 11.3 Å². The molecule has 0 saturated carbocycles. The fraction of sp³-hybridized carbons (Fsp3) is 0.467. The van der Waals surface area contributed by atoms with Gasteiger partial charge in [-0.05, 0) is 39.2 Å². The predicted octanol–water partition coefficient (Wildman–Crippen LogP) is 0.290. The zero-order valence-electron chi connectivity index (χ0n) is 13.6. The van der Waals surface area contributed by atoms with Crippen LogP contribution in [0.15, 0.2) is 34.9 Å². The summed E-state index contributed by atoms with van der Waals surface area (Å²) in [6, 6.07) is 0. The Morgan fingerprint density at radius 2 is 1.96 bits per heavy atom. The van der Waals surface area contributed by atoms with Crippen LogP contribution in [-0.4, -0.2) is 52.2 Å². The largest absolute Gasteiger partial charge is 0.329 e. The molecule has 0 bridgehead atoms. The number of allylic oxidation sites excluding steroid dienone is 4. The predicted molar refractivity (Wildman–Crippen MR) is 88.8 cm³/mol. The monoisotopic (exact) mass is 341 g/mol. The van der Waals surface area contributed by atoms with Crippen LogP contribution in [0.25, 0.3) is 0 Å². The van der Waals surface area contributed by atoms with Crippen molar-refractivity contribution >= 4 is 21.7 Å². The topological polar surface area (TPSA) is 95.6 Å². The summed E-state index contributed by atoms with van der Waals surface area (Å²) in [4.78, 5) is 24.5. The fourth-order valence-electron chi connectivity index (χ4n) is 1.82. The second kappa shape index (κ2) is 8.76. The Hall–Kier alpha value is -1.77. The van der Waals surface area contributed by atoms with Gasteiger partial charge in [-0.2, -0.15) is 0 Å². The Kier molecular flexibility index (Phi) is 7.34. The maximum Gasteiger partial charge on any atom is 0.240 e. The lowest BCUT2D eigenvalue weighted by Crippen LogP contribution is -2.31. The Bertz CT molecular complexity index is 646. The summed E-state index contributed by atoms with van der Waals surface area (Å²) >= 11 is 0. The molecule has 0 saturated heterocycles. The van der Waals surface area contributed by atoms with Gasteiger partial charge in [-0.15, -0.1) is 0 Å². The first-order valence-electron chi connectivity index (χ1n) is 7.22. The first-order valence-corrected chi connectivity index (χ1v) is 8.70. The molecule has 8 heteroatoms. The molecule has 1 aliphatic carbocycles. The number of likely N-dealkylation sites (N-methyl/N-ethyl adjacent to an activating group) is 1. The molecule has 0 radical (unpaired) electrons. The highest BCUT2D eigenvalue weighted by Gasteiger charge is 2.16. The van der Waals surface area contributed by atoms with Crippen LogP contribution in [0, 0.1) is 0 Å².